The van der Waals surface area contributed by atoms with Crippen molar-refractivity contribution in [3.05, 3.63) is 53.9 Å². The van der Waals surface area contributed by atoms with E-state index in [1.54, 1.807) is 24.1 Å². The zero-order valence-electron chi connectivity index (χ0n) is 28.5. The van der Waals surface area contributed by atoms with Crippen LogP contribution in [0.2, 0.25) is 0 Å². The maximum Gasteiger partial charge on any atom is 0.319 e. The number of benzene rings is 2. The summed E-state index contributed by atoms with van der Waals surface area (Å²) in [7, 11) is 1.59. The number of thiophene rings is 1. The summed E-state index contributed by atoms with van der Waals surface area (Å²) in [6.45, 7) is 8.30. The predicted molar refractivity (Wildman–Crippen MR) is 192 cm³/mol. The molecule has 3 aliphatic heterocycles. The highest BCUT2D eigenvalue weighted by molar-refractivity contribution is 7.23. The molecule has 2 unspecified atom stereocenters. The Bertz CT molecular complexity index is 2130. The number of hydrogen-bond acceptors (Lipinski definition) is 11. The Hall–Kier alpha value is -4.89. The number of likely N-dealkylation sites (N-methyl/N-ethyl adjacent to an activating group) is 1. The van der Waals surface area contributed by atoms with Gasteiger partial charge in [0.25, 0.3) is 0 Å². The van der Waals surface area contributed by atoms with Gasteiger partial charge in [0, 0.05) is 49.5 Å². The van der Waals surface area contributed by atoms with E-state index in [2.05, 4.69) is 28.5 Å². The maximum absolute atomic E-state index is 15.0. The van der Waals surface area contributed by atoms with E-state index in [1.165, 1.54) is 12.1 Å². The van der Waals surface area contributed by atoms with E-state index in [0.29, 0.717) is 65.7 Å². The Morgan fingerprint density at radius 2 is 2.00 bits per heavy atom. The lowest BCUT2D eigenvalue weighted by Crippen LogP contribution is -2.49. The number of fused-ring (bicyclic) bond motifs is 3. The van der Waals surface area contributed by atoms with Crippen LogP contribution in [0.25, 0.3) is 32.1 Å². The monoisotopic (exact) mass is 712 g/mol. The van der Waals surface area contributed by atoms with Crippen LogP contribution in [0.5, 0.6) is 6.01 Å². The van der Waals surface area contributed by atoms with E-state index < -0.39 is 17.5 Å². The minimum Gasteiger partial charge on any atom is -0.461 e. The first-order chi connectivity index (χ1) is 24.7. The molecule has 2 aromatic heterocycles. The van der Waals surface area contributed by atoms with Crippen LogP contribution in [0.15, 0.2) is 36.9 Å². The van der Waals surface area contributed by atoms with E-state index in [1.807, 2.05) is 13.0 Å². The predicted octanol–water partition coefficient (Wildman–Crippen LogP) is 5.56. The number of carbonyl (C=O) groups excluding carboxylic acids is 1. The van der Waals surface area contributed by atoms with E-state index in [4.69, 9.17) is 25.2 Å². The number of hydrogen-bond donors (Lipinski definition) is 1. The number of carbonyl (C=O) groups is 1. The first kappa shape index (κ1) is 34.6. The van der Waals surface area contributed by atoms with Gasteiger partial charge in [-0.3, -0.25) is 9.69 Å². The summed E-state index contributed by atoms with van der Waals surface area (Å²) >= 11 is 0.985. The molecule has 3 aliphatic rings. The van der Waals surface area contributed by atoms with Gasteiger partial charge >= 0.3 is 6.01 Å². The van der Waals surface area contributed by atoms with Gasteiger partial charge in [-0.1, -0.05) is 18.7 Å². The molecule has 51 heavy (non-hydrogen) atoms. The molecule has 2 aromatic carbocycles. The van der Waals surface area contributed by atoms with Gasteiger partial charge in [-0.2, -0.15) is 20.5 Å². The van der Waals surface area contributed by atoms with Gasteiger partial charge in [0.15, 0.2) is 0 Å². The maximum atomic E-state index is 15.0. The van der Waals surface area contributed by atoms with Crippen LogP contribution >= 0.6 is 11.3 Å². The number of nitrogens with two attached hydrogens (primary N) is 1. The summed E-state index contributed by atoms with van der Waals surface area (Å²) in [6.07, 6.45) is 3.09. The summed E-state index contributed by atoms with van der Waals surface area (Å²) < 4.78 is 41.9. The molecule has 0 bridgehead atoms. The number of aromatic nitrogens is 2. The molecule has 14 heteroatoms. The zero-order valence-corrected chi connectivity index (χ0v) is 29.3. The van der Waals surface area contributed by atoms with Crippen molar-refractivity contribution in [2.45, 2.75) is 56.4 Å². The number of nitrogens with zero attached hydrogens (tertiary/aromatic N) is 7. The van der Waals surface area contributed by atoms with Crippen LogP contribution < -0.4 is 15.4 Å². The van der Waals surface area contributed by atoms with Crippen LogP contribution in [0.4, 0.5) is 19.6 Å². The molecule has 11 nitrogen and oxygen atoms in total. The summed E-state index contributed by atoms with van der Waals surface area (Å²) in [5.41, 5.74) is 7.24. The molecule has 2 N–H and O–H groups in total. The highest BCUT2D eigenvalue weighted by Gasteiger charge is 2.49. The molecule has 264 valence electrons. The number of nitrogen functional groups attached to an aromatic ring is 1. The van der Waals surface area contributed by atoms with Crippen molar-refractivity contribution in [3.8, 4) is 29.3 Å². The fourth-order valence-corrected chi connectivity index (χ4v) is 9.41. The number of alkyl halides is 1. The van der Waals surface area contributed by atoms with Crippen LogP contribution in [0, 0.1) is 28.5 Å². The smallest absolute Gasteiger partial charge is 0.319 e. The second kappa shape index (κ2) is 13.7. The minimum atomic E-state index is -0.941. The quantitative estimate of drug-likeness (QED) is 0.208. The highest BCUT2D eigenvalue weighted by atomic mass is 32.1. The number of amides is 1. The number of methoxy groups -OCH3 is 1. The molecule has 4 atom stereocenters. The van der Waals surface area contributed by atoms with E-state index in [0.717, 1.165) is 30.7 Å². The van der Waals surface area contributed by atoms with Crippen molar-refractivity contribution in [3.63, 3.8) is 0 Å². The van der Waals surface area contributed by atoms with E-state index in [9.17, 15) is 19.7 Å². The van der Waals surface area contributed by atoms with Gasteiger partial charge < -0.3 is 25.0 Å². The Morgan fingerprint density at radius 1 is 1.22 bits per heavy atom. The third-order valence-corrected chi connectivity index (χ3v) is 11.7. The molecule has 0 spiro atoms. The average molecular weight is 713 g/mol. The summed E-state index contributed by atoms with van der Waals surface area (Å²) in [4.78, 5) is 28.7. The number of halogens is 2. The van der Waals surface area contributed by atoms with Gasteiger partial charge in [-0.05, 0) is 56.5 Å². The van der Waals surface area contributed by atoms with Gasteiger partial charge in [0.2, 0.25) is 5.91 Å². The van der Waals surface area contributed by atoms with Crippen molar-refractivity contribution in [2.75, 3.05) is 57.1 Å². The molecule has 0 aliphatic carbocycles. The topological polar surface area (TPSA) is 145 Å². The Labute approximate surface area is 298 Å². The molecule has 0 saturated carbocycles. The first-order valence-corrected chi connectivity index (χ1v) is 17.9. The first-order valence-electron chi connectivity index (χ1n) is 17.0. The van der Waals surface area contributed by atoms with E-state index >= 15 is 4.39 Å². The molecule has 0 radical (unpaired) electrons. The number of rotatable bonds is 10. The Kier molecular flexibility index (Phi) is 9.27. The summed E-state index contributed by atoms with van der Waals surface area (Å²) in [5, 5.41) is 21.8. The molecule has 3 saturated heterocycles. The standard InChI is InChI=1S/C37H38F2N8O3S/c1-4-30(48)47-14-11-28(29(47)19-49-3)46(5-2)35-24-8-7-22(23-9-10-27(39)33-31(23)26(17-41)34(42)51-33)25(16-40)32(24)43-36(44-35)50-20-37-12-6-13-45(37)18-21(38)15-37/h4,7-10,21,28-29H,1,5-6,11-15,18-20,42H2,2-3H3/t21-,28?,29?,37+/m1/s1. The number of ether oxygens (including phenoxy) is 2. The lowest BCUT2D eigenvalue weighted by molar-refractivity contribution is -0.127. The highest BCUT2D eigenvalue weighted by Crippen LogP contribution is 2.44. The van der Waals surface area contributed by atoms with Gasteiger partial charge in [-0.25, -0.2) is 8.78 Å². The molecule has 3 fully saturated rings. The van der Waals surface area contributed by atoms with Crippen LogP contribution in [0.1, 0.15) is 43.7 Å². The fraction of sp³-hybridized carbons (Fsp3) is 0.432. The largest absolute Gasteiger partial charge is 0.461 e. The molecular formula is C37H38F2N8O3S. The molecule has 4 aromatic rings. The second-order valence-corrected chi connectivity index (χ2v) is 14.4. The van der Waals surface area contributed by atoms with Crippen LogP contribution in [0.3, 0.4) is 0 Å². The molecule has 7 rings (SSSR count). The zero-order chi connectivity index (χ0) is 36.0. The molecule has 1 amide bonds. The van der Waals surface area contributed by atoms with Crippen molar-refractivity contribution < 1.29 is 23.0 Å². The number of likely N-dealkylation sites (tertiary alicyclic amines) is 1. The van der Waals surface area contributed by atoms with Crippen molar-refractivity contribution >= 4 is 49.1 Å². The third-order valence-electron chi connectivity index (χ3n) is 10.7. The molecule has 5 heterocycles. The van der Waals surface area contributed by atoms with E-state index in [-0.39, 0.29) is 58.0 Å². The lowest BCUT2D eigenvalue weighted by Gasteiger charge is -2.36. The van der Waals surface area contributed by atoms with Crippen molar-refractivity contribution in [1.82, 2.24) is 19.8 Å². The average Bonchev–Trinajstić information content (AvgIpc) is 3.88. The SMILES string of the molecule is C=CC(=O)N1CCC(N(CC)c2nc(OC[C@@]34CCCN3C[C@H](F)C4)nc3c(C#N)c(-c4ccc(F)c5sc(N)c(C#N)c45)ccc23)C1COC. The second-order valence-electron chi connectivity index (χ2n) is 13.3. The fourth-order valence-electron chi connectivity index (χ4n) is 8.46. The minimum absolute atomic E-state index is 0.0372. The van der Waals surface area contributed by atoms with Gasteiger partial charge in [-0.15, -0.1) is 11.3 Å². The van der Waals surface area contributed by atoms with Crippen molar-refractivity contribution in [1.29, 1.82) is 10.5 Å². The third kappa shape index (κ3) is 5.72. The lowest BCUT2D eigenvalue weighted by atomic mass is 9.93. The van der Waals surface area contributed by atoms with Crippen molar-refractivity contribution in [2.24, 2.45) is 0 Å². The summed E-state index contributed by atoms with van der Waals surface area (Å²) in [6, 6.07) is 10.4. The molecular weight excluding hydrogens is 675 g/mol. The Balaban J connectivity index is 1.41. The summed E-state index contributed by atoms with van der Waals surface area (Å²) in [5.74, 6) is -0.195. The number of nitriles is 2. The van der Waals surface area contributed by atoms with Crippen LogP contribution in [-0.4, -0.2) is 96.0 Å². The normalized spacial score (nSPS) is 23.0. The Morgan fingerprint density at radius 3 is 2.73 bits per heavy atom. The van der Waals surface area contributed by atoms with Gasteiger partial charge in [0.05, 0.1) is 45.6 Å². The van der Waals surface area contributed by atoms with Crippen LogP contribution in [-0.2, 0) is 9.53 Å². The number of anilines is 2. The van der Waals surface area contributed by atoms with Gasteiger partial charge in [0.1, 0.15) is 41.6 Å².